The number of hydrogen-bond donors (Lipinski definition) is 1. The third kappa shape index (κ3) is 3.81. The highest BCUT2D eigenvalue weighted by atomic mass is 32.2. The Bertz CT molecular complexity index is 535. The zero-order valence-corrected chi connectivity index (χ0v) is 13.0. The van der Waals surface area contributed by atoms with Crippen LogP contribution in [-0.2, 0) is 26.0 Å². The van der Waals surface area contributed by atoms with Crippen LogP contribution in [0.15, 0.2) is 30.3 Å². The molecule has 1 aromatic rings. The highest BCUT2D eigenvalue weighted by Gasteiger charge is 2.41. The van der Waals surface area contributed by atoms with Crippen molar-refractivity contribution in [2.75, 3.05) is 33.4 Å². The van der Waals surface area contributed by atoms with Crippen molar-refractivity contribution in [2.45, 2.75) is 17.9 Å². The zero-order valence-electron chi connectivity index (χ0n) is 12.1. The molecule has 0 spiro atoms. The Labute approximate surface area is 125 Å². The highest BCUT2D eigenvalue weighted by Crippen LogP contribution is 2.22. The molecule has 1 fully saturated rings. The first kappa shape index (κ1) is 16.4. The Morgan fingerprint density at radius 1 is 1.33 bits per heavy atom. The lowest BCUT2D eigenvalue weighted by Crippen LogP contribution is -2.45. The summed E-state index contributed by atoms with van der Waals surface area (Å²) in [5, 5.41) is -0.669. The van der Waals surface area contributed by atoms with Crippen LogP contribution in [0, 0.1) is 0 Å². The monoisotopic (exact) mass is 314 g/mol. The topological polar surface area (TPSA) is 81.9 Å². The van der Waals surface area contributed by atoms with E-state index in [1.807, 2.05) is 30.3 Å². The third-order valence-electron chi connectivity index (χ3n) is 3.60. The minimum absolute atomic E-state index is 0.163. The molecule has 0 aromatic heterocycles. The van der Waals surface area contributed by atoms with E-state index in [0.29, 0.717) is 13.2 Å². The predicted molar refractivity (Wildman–Crippen MR) is 80.2 cm³/mol. The average molecular weight is 314 g/mol. The summed E-state index contributed by atoms with van der Waals surface area (Å²) in [6, 6.07) is 9.48. The van der Waals surface area contributed by atoms with E-state index in [2.05, 4.69) is 0 Å². The molecule has 1 saturated heterocycles. The maximum Gasteiger partial charge on any atom is 0.222 e. The van der Waals surface area contributed by atoms with Gasteiger partial charge in [-0.1, -0.05) is 30.3 Å². The smallest absolute Gasteiger partial charge is 0.222 e. The molecule has 2 rings (SSSR count). The lowest BCUT2D eigenvalue weighted by molar-refractivity contribution is 0.0824. The zero-order chi connectivity index (χ0) is 15.3. The summed E-state index contributed by atoms with van der Waals surface area (Å²) < 4.78 is 37.5. The van der Waals surface area contributed by atoms with Crippen molar-refractivity contribution in [3.05, 3.63) is 35.9 Å². The van der Waals surface area contributed by atoms with E-state index < -0.39 is 21.4 Å². The van der Waals surface area contributed by atoms with Crippen LogP contribution >= 0.6 is 0 Å². The van der Waals surface area contributed by atoms with Gasteiger partial charge in [0, 0.05) is 26.7 Å². The van der Waals surface area contributed by atoms with E-state index in [4.69, 9.17) is 15.2 Å². The van der Waals surface area contributed by atoms with Crippen LogP contribution < -0.4 is 5.73 Å². The van der Waals surface area contributed by atoms with E-state index >= 15 is 0 Å². The Morgan fingerprint density at radius 2 is 2.05 bits per heavy atom. The number of ether oxygens (including phenoxy) is 2. The van der Waals surface area contributed by atoms with Crippen molar-refractivity contribution in [1.82, 2.24) is 4.31 Å². The first-order chi connectivity index (χ1) is 10.1. The van der Waals surface area contributed by atoms with Crippen molar-refractivity contribution in [3.63, 3.8) is 0 Å². The molecular formula is C14H22N2O4S. The molecule has 0 saturated carbocycles. The highest BCUT2D eigenvalue weighted by molar-refractivity contribution is 7.89. The first-order valence-electron chi connectivity index (χ1n) is 6.93. The standard InChI is InChI=1S/C14H22N2O4S/c1-19-13-10-20-11-14(13)21(17,18)16(8-7-15)9-12-5-3-2-4-6-12/h2-6,13-14H,7-11,15H2,1H3/t13-,14+/m0/s1. The van der Waals surface area contributed by atoms with Gasteiger partial charge in [-0.25, -0.2) is 8.42 Å². The van der Waals surface area contributed by atoms with Gasteiger partial charge in [0.25, 0.3) is 0 Å². The molecule has 118 valence electrons. The Morgan fingerprint density at radius 3 is 2.67 bits per heavy atom. The van der Waals surface area contributed by atoms with Gasteiger partial charge in [0.2, 0.25) is 10.0 Å². The van der Waals surface area contributed by atoms with Crippen LogP contribution in [0.4, 0.5) is 0 Å². The molecule has 1 aliphatic rings. The van der Waals surface area contributed by atoms with Crippen LogP contribution in [-0.4, -0.2) is 57.5 Å². The molecular weight excluding hydrogens is 292 g/mol. The second kappa shape index (κ2) is 7.33. The van der Waals surface area contributed by atoms with Crippen LogP contribution in [0.25, 0.3) is 0 Å². The van der Waals surface area contributed by atoms with Crippen LogP contribution in [0.2, 0.25) is 0 Å². The molecule has 0 radical (unpaired) electrons. The fourth-order valence-corrected chi connectivity index (χ4v) is 4.34. The van der Waals surface area contributed by atoms with E-state index in [0.717, 1.165) is 5.56 Å². The quantitative estimate of drug-likeness (QED) is 0.777. The van der Waals surface area contributed by atoms with Crippen molar-refractivity contribution in [3.8, 4) is 0 Å². The number of methoxy groups -OCH3 is 1. The lowest BCUT2D eigenvalue weighted by atomic mass is 10.2. The summed E-state index contributed by atoms with van der Waals surface area (Å²) in [7, 11) is -2.01. The largest absolute Gasteiger partial charge is 0.378 e. The lowest BCUT2D eigenvalue weighted by Gasteiger charge is -2.27. The molecule has 1 aliphatic heterocycles. The summed E-state index contributed by atoms with van der Waals surface area (Å²) in [6.45, 7) is 1.34. The second-order valence-electron chi connectivity index (χ2n) is 5.00. The fraction of sp³-hybridized carbons (Fsp3) is 0.571. The van der Waals surface area contributed by atoms with Crippen molar-refractivity contribution >= 4 is 10.0 Å². The van der Waals surface area contributed by atoms with Crippen molar-refractivity contribution < 1.29 is 17.9 Å². The van der Waals surface area contributed by atoms with Crippen molar-refractivity contribution in [1.29, 1.82) is 0 Å². The normalized spacial score (nSPS) is 22.8. The first-order valence-corrected chi connectivity index (χ1v) is 8.43. The number of sulfonamides is 1. The van der Waals surface area contributed by atoms with E-state index in [9.17, 15) is 8.42 Å². The van der Waals surface area contributed by atoms with Crippen LogP contribution in [0.3, 0.4) is 0 Å². The summed E-state index contributed by atoms with van der Waals surface area (Å²) in [5.74, 6) is 0. The molecule has 2 N–H and O–H groups in total. The Hall–Kier alpha value is -0.990. The molecule has 0 unspecified atom stereocenters. The summed E-state index contributed by atoms with van der Waals surface area (Å²) in [6.07, 6.45) is -0.425. The van der Waals surface area contributed by atoms with Gasteiger partial charge < -0.3 is 15.2 Å². The number of nitrogens with two attached hydrogens (primary N) is 1. The maximum atomic E-state index is 12.8. The predicted octanol–water partition coefficient (Wildman–Crippen LogP) is 0.191. The maximum absolute atomic E-state index is 12.8. The molecule has 0 aliphatic carbocycles. The van der Waals surface area contributed by atoms with Crippen LogP contribution in [0.1, 0.15) is 5.56 Å². The molecule has 2 atom stereocenters. The van der Waals surface area contributed by atoms with Gasteiger partial charge in [-0.15, -0.1) is 0 Å². The van der Waals surface area contributed by atoms with Gasteiger partial charge in [-0.05, 0) is 5.56 Å². The van der Waals surface area contributed by atoms with Gasteiger partial charge in [-0.2, -0.15) is 4.31 Å². The van der Waals surface area contributed by atoms with Gasteiger partial charge in [-0.3, -0.25) is 0 Å². The van der Waals surface area contributed by atoms with Gasteiger partial charge in [0.05, 0.1) is 13.2 Å². The number of benzene rings is 1. The number of nitrogens with zero attached hydrogens (tertiary/aromatic N) is 1. The van der Waals surface area contributed by atoms with Gasteiger partial charge in [0.1, 0.15) is 11.4 Å². The Balaban J connectivity index is 2.20. The summed E-state index contributed by atoms with van der Waals surface area (Å²) >= 11 is 0. The molecule has 7 heteroatoms. The third-order valence-corrected chi connectivity index (χ3v) is 5.84. The van der Waals surface area contributed by atoms with Gasteiger partial charge in [0.15, 0.2) is 0 Å². The molecule has 6 nitrogen and oxygen atoms in total. The number of rotatable bonds is 7. The molecule has 1 aromatic carbocycles. The summed E-state index contributed by atoms with van der Waals surface area (Å²) in [4.78, 5) is 0. The summed E-state index contributed by atoms with van der Waals surface area (Å²) in [5.41, 5.74) is 6.51. The van der Waals surface area contributed by atoms with Crippen molar-refractivity contribution in [2.24, 2.45) is 5.73 Å². The van der Waals surface area contributed by atoms with E-state index in [1.165, 1.54) is 11.4 Å². The fourth-order valence-electron chi connectivity index (χ4n) is 2.43. The molecule has 1 heterocycles. The SMILES string of the molecule is CO[C@H]1COC[C@H]1S(=O)(=O)N(CCN)Cc1ccccc1. The molecule has 0 bridgehead atoms. The number of hydrogen-bond acceptors (Lipinski definition) is 5. The minimum Gasteiger partial charge on any atom is -0.378 e. The van der Waals surface area contributed by atoms with Gasteiger partial charge >= 0.3 is 0 Å². The second-order valence-corrected chi connectivity index (χ2v) is 7.15. The molecule has 0 amide bonds. The van der Waals surface area contributed by atoms with E-state index in [-0.39, 0.29) is 19.7 Å². The Kier molecular flexibility index (Phi) is 5.72. The van der Waals surface area contributed by atoms with E-state index in [1.54, 1.807) is 0 Å². The van der Waals surface area contributed by atoms with Crippen LogP contribution in [0.5, 0.6) is 0 Å². The average Bonchev–Trinajstić information content (AvgIpc) is 2.97. The molecule has 21 heavy (non-hydrogen) atoms. The minimum atomic E-state index is -3.52.